The van der Waals surface area contributed by atoms with E-state index < -0.39 is 0 Å². The first-order valence-electron chi connectivity index (χ1n) is 2.68. The normalized spacial score (nSPS) is 10.0. The van der Waals surface area contributed by atoms with Gasteiger partial charge in [-0.2, -0.15) is 17.7 Å². The van der Waals surface area contributed by atoms with Crippen LogP contribution in [-0.2, 0) is 4.79 Å². The molecular formula is C5H10N2OS. The molecule has 0 aliphatic rings. The van der Waals surface area contributed by atoms with Gasteiger partial charge in [0.25, 0.3) is 0 Å². The number of hydrazone groups is 1. The van der Waals surface area contributed by atoms with E-state index in [0.717, 1.165) is 0 Å². The highest BCUT2D eigenvalue weighted by Gasteiger charge is 1.93. The lowest BCUT2D eigenvalue weighted by atomic mass is 10.5. The van der Waals surface area contributed by atoms with Gasteiger partial charge in [0.2, 0.25) is 5.91 Å². The van der Waals surface area contributed by atoms with Crippen molar-refractivity contribution >= 4 is 24.8 Å². The Labute approximate surface area is 59.9 Å². The van der Waals surface area contributed by atoms with Crippen LogP contribution in [0.4, 0.5) is 0 Å². The molecule has 0 bridgehead atoms. The van der Waals surface area contributed by atoms with E-state index in [-0.39, 0.29) is 5.91 Å². The molecule has 0 radical (unpaired) electrons. The lowest BCUT2D eigenvalue weighted by Crippen LogP contribution is -2.16. The van der Waals surface area contributed by atoms with Gasteiger partial charge in [-0.1, -0.05) is 0 Å². The quantitative estimate of drug-likeness (QED) is 0.338. The molecule has 0 aliphatic heterocycles. The molecule has 0 aromatic carbocycles. The second-order valence-corrected chi connectivity index (χ2v) is 1.84. The van der Waals surface area contributed by atoms with Crippen molar-refractivity contribution in [1.82, 2.24) is 5.43 Å². The van der Waals surface area contributed by atoms with Crippen LogP contribution in [0.2, 0.25) is 0 Å². The maximum Gasteiger partial charge on any atom is 0.240 e. The standard InChI is InChI=1S/C5H10N2OS/c1-2-6-7-5(8)3-4-9/h2,9H,3-4H2,1H3,(H,7,8). The molecule has 4 heteroatoms. The average Bonchev–Trinajstić information content (AvgIpc) is 1.85. The zero-order valence-corrected chi connectivity index (χ0v) is 6.19. The molecule has 0 heterocycles. The second-order valence-electron chi connectivity index (χ2n) is 1.40. The summed E-state index contributed by atoms with van der Waals surface area (Å²) in [6, 6.07) is 0. The van der Waals surface area contributed by atoms with E-state index in [0.29, 0.717) is 12.2 Å². The number of hydrogen-bond acceptors (Lipinski definition) is 3. The minimum Gasteiger partial charge on any atom is -0.273 e. The lowest BCUT2D eigenvalue weighted by Gasteiger charge is -1.92. The van der Waals surface area contributed by atoms with E-state index in [9.17, 15) is 4.79 Å². The summed E-state index contributed by atoms with van der Waals surface area (Å²) < 4.78 is 0. The second kappa shape index (κ2) is 5.62. The van der Waals surface area contributed by atoms with Crippen LogP contribution in [0, 0.1) is 0 Å². The molecule has 0 atom stereocenters. The van der Waals surface area contributed by atoms with Gasteiger partial charge >= 0.3 is 0 Å². The number of thiol groups is 1. The molecular weight excluding hydrogens is 136 g/mol. The summed E-state index contributed by atoms with van der Waals surface area (Å²) in [5, 5.41) is 3.53. The largest absolute Gasteiger partial charge is 0.273 e. The highest BCUT2D eigenvalue weighted by atomic mass is 32.1. The first kappa shape index (κ1) is 8.49. The van der Waals surface area contributed by atoms with Gasteiger partial charge in [0.15, 0.2) is 0 Å². The molecule has 1 N–H and O–H groups in total. The Morgan fingerprint density at radius 3 is 3.00 bits per heavy atom. The van der Waals surface area contributed by atoms with Gasteiger partial charge in [-0.15, -0.1) is 0 Å². The van der Waals surface area contributed by atoms with Crippen LogP contribution < -0.4 is 5.43 Å². The summed E-state index contributed by atoms with van der Waals surface area (Å²) >= 11 is 3.87. The van der Waals surface area contributed by atoms with E-state index in [1.165, 1.54) is 6.21 Å². The van der Waals surface area contributed by atoms with Gasteiger partial charge in [-0.25, -0.2) is 5.43 Å². The number of amides is 1. The Bertz CT molecular complexity index is 114. The smallest absolute Gasteiger partial charge is 0.240 e. The van der Waals surface area contributed by atoms with Gasteiger partial charge in [-0.3, -0.25) is 4.79 Å². The topological polar surface area (TPSA) is 41.5 Å². The summed E-state index contributed by atoms with van der Waals surface area (Å²) in [5.74, 6) is 0.466. The molecule has 0 aliphatic carbocycles. The highest BCUT2D eigenvalue weighted by molar-refractivity contribution is 7.80. The minimum absolute atomic E-state index is 0.0944. The van der Waals surface area contributed by atoms with Gasteiger partial charge in [0.1, 0.15) is 0 Å². The summed E-state index contributed by atoms with van der Waals surface area (Å²) in [5.41, 5.74) is 2.31. The molecule has 0 saturated carbocycles. The Balaban J connectivity index is 3.27. The molecule has 9 heavy (non-hydrogen) atoms. The third kappa shape index (κ3) is 5.36. The zero-order valence-electron chi connectivity index (χ0n) is 5.29. The Hall–Kier alpha value is -0.510. The number of nitrogens with zero attached hydrogens (tertiary/aromatic N) is 1. The molecule has 1 amide bonds. The summed E-state index contributed by atoms with van der Waals surface area (Å²) in [4.78, 5) is 10.5. The molecule has 0 unspecified atom stereocenters. The molecule has 0 fully saturated rings. The number of carbonyl (C=O) groups is 1. The lowest BCUT2D eigenvalue weighted by molar-refractivity contribution is -0.120. The van der Waals surface area contributed by atoms with Gasteiger partial charge in [-0.05, 0) is 12.7 Å². The SMILES string of the molecule is CC=NNC(=O)CCS. The summed E-state index contributed by atoms with van der Waals surface area (Å²) in [7, 11) is 0. The molecule has 0 spiro atoms. The van der Waals surface area contributed by atoms with Gasteiger partial charge in [0, 0.05) is 12.6 Å². The van der Waals surface area contributed by atoms with Crippen molar-refractivity contribution in [3.8, 4) is 0 Å². The molecule has 0 rings (SSSR count). The fraction of sp³-hybridized carbons (Fsp3) is 0.600. The number of carbonyl (C=O) groups excluding carboxylic acids is 1. The maximum absolute atomic E-state index is 10.5. The van der Waals surface area contributed by atoms with Gasteiger partial charge < -0.3 is 0 Å². The van der Waals surface area contributed by atoms with E-state index in [2.05, 4.69) is 23.2 Å². The van der Waals surface area contributed by atoms with Crippen LogP contribution in [0.5, 0.6) is 0 Å². The number of hydrogen-bond donors (Lipinski definition) is 2. The van der Waals surface area contributed by atoms with Crippen LogP contribution in [0.3, 0.4) is 0 Å². The Morgan fingerprint density at radius 2 is 2.56 bits per heavy atom. The fourth-order valence-corrected chi connectivity index (χ4v) is 0.497. The van der Waals surface area contributed by atoms with Gasteiger partial charge in [0.05, 0.1) is 0 Å². The first-order chi connectivity index (χ1) is 4.31. The van der Waals surface area contributed by atoms with E-state index >= 15 is 0 Å². The minimum atomic E-state index is -0.0944. The van der Waals surface area contributed by atoms with E-state index in [4.69, 9.17) is 0 Å². The van der Waals surface area contributed by atoms with Crippen molar-refractivity contribution in [2.75, 3.05) is 5.75 Å². The van der Waals surface area contributed by atoms with E-state index in [1.807, 2.05) is 0 Å². The Kier molecular flexibility index (Phi) is 5.30. The summed E-state index contributed by atoms with van der Waals surface area (Å²) in [6.07, 6.45) is 1.94. The highest BCUT2D eigenvalue weighted by Crippen LogP contribution is 1.81. The van der Waals surface area contributed by atoms with Crippen molar-refractivity contribution in [2.45, 2.75) is 13.3 Å². The Morgan fingerprint density at radius 1 is 1.89 bits per heavy atom. The molecule has 0 aromatic rings. The third-order valence-corrected chi connectivity index (χ3v) is 0.881. The van der Waals surface area contributed by atoms with E-state index in [1.54, 1.807) is 6.92 Å². The van der Waals surface area contributed by atoms with Crippen molar-refractivity contribution in [2.24, 2.45) is 5.10 Å². The van der Waals surface area contributed by atoms with Crippen molar-refractivity contribution in [3.05, 3.63) is 0 Å². The monoisotopic (exact) mass is 146 g/mol. The van der Waals surface area contributed by atoms with Crippen molar-refractivity contribution < 1.29 is 4.79 Å². The van der Waals surface area contributed by atoms with Crippen LogP contribution in [-0.4, -0.2) is 17.9 Å². The fourth-order valence-electron chi connectivity index (χ4n) is 0.294. The van der Waals surface area contributed by atoms with Crippen molar-refractivity contribution in [1.29, 1.82) is 0 Å². The van der Waals surface area contributed by atoms with Crippen LogP contribution >= 0.6 is 12.6 Å². The molecule has 0 aromatic heterocycles. The predicted molar refractivity (Wildman–Crippen MR) is 40.8 cm³/mol. The van der Waals surface area contributed by atoms with Crippen molar-refractivity contribution in [3.63, 3.8) is 0 Å². The predicted octanol–water partition coefficient (Wildman–Crippen LogP) is 0.428. The average molecular weight is 146 g/mol. The van der Waals surface area contributed by atoms with Crippen LogP contribution in [0.15, 0.2) is 5.10 Å². The summed E-state index contributed by atoms with van der Waals surface area (Å²) in [6.45, 7) is 1.74. The number of nitrogens with one attached hydrogen (secondary N) is 1. The maximum atomic E-state index is 10.5. The molecule has 52 valence electrons. The van der Waals surface area contributed by atoms with Crippen LogP contribution in [0.25, 0.3) is 0 Å². The zero-order chi connectivity index (χ0) is 7.11. The number of rotatable bonds is 3. The van der Waals surface area contributed by atoms with Crippen LogP contribution in [0.1, 0.15) is 13.3 Å². The first-order valence-corrected chi connectivity index (χ1v) is 3.32. The molecule has 0 saturated heterocycles. The molecule has 3 nitrogen and oxygen atoms in total. The third-order valence-electron chi connectivity index (χ3n) is 0.657.